The zero-order valence-electron chi connectivity index (χ0n) is 14.4. The summed E-state index contributed by atoms with van der Waals surface area (Å²) in [6, 6.07) is 8.79. The van der Waals surface area contributed by atoms with Crippen LogP contribution in [-0.4, -0.2) is 17.9 Å². The predicted molar refractivity (Wildman–Crippen MR) is 93.2 cm³/mol. The number of hydrogen-bond acceptors (Lipinski definition) is 3. The second-order valence-corrected chi connectivity index (χ2v) is 6.93. The van der Waals surface area contributed by atoms with Crippen LogP contribution in [0.15, 0.2) is 24.3 Å². The van der Waals surface area contributed by atoms with Crippen LogP contribution in [-0.2, 0) is 9.59 Å². The van der Waals surface area contributed by atoms with Crippen LogP contribution in [0.2, 0.25) is 0 Å². The first-order valence-electron chi connectivity index (χ1n) is 8.56. The Labute approximate surface area is 143 Å². The lowest BCUT2D eigenvalue weighted by Crippen LogP contribution is -2.48. The van der Waals surface area contributed by atoms with Crippen molar-refractivity contribution in [2.75, 3.05) is 5.32 Å². The minimum atomic E-state index is -1.15. The number of amides is 2. The van der Waals surface area contributed by atoms with Crippen LogP contribution in [0.1, 0.15) is 57.9 Å². The lowest BCUT2D eigenvalue weighted by molar-refractivity contribution is -0.138. The number of carbonyl (C=O) groups is 2. The van der Waals surface area contributed by atoms with E-state index in [0.717, 1.165) is 25.7 Å². The summed E-state index contributed by atoms with van der Waals surface area (Å²) in [6.45, 7) is 3.27. The SMILES string of the molecule is CC(C)(C(=O)Nc1ccc(C#N)cc1)C(=O)NC1CCCCCC1. The number of nitrogens with zero attached hydrogens (tertiary/aromatic N) is 1. The normalized spacial score (nSPS) is 15.9. The Morgan fingerprint density at radius 3 is 2.17 bits per heavy atom. The molecule has 0 heterocycles. The van der Waals surface area contributed by atoms with E-state index in [0.29, 0.717) is 11.3 Å². The Bertz CT molecular complexity index is 621. The van der Waals surface area contributed by atoms with E-state index in [1.165, 1.54) is 12.8 Å². The van der Waals surface area contributed by atoms with Gasteiger partial charge in [-0.1, -0.05) is 25.7 Å². The summed E-state index contributed by atoms with van der Waals surface area (Å²) in [5, 5.41) is 14.6. The number of anilines is 1. The summed E-state index contributed by atoms with van der Waals surface area (Å²) in [5.74, 6) is -0.584. The fraction of sp³-hybridized carbons (Fsp3) is 0.526. The molecule has 1 aliphatic carbocycles. The first kappa shape index (κ1) is 18.0. The highest BCUT2D eigenvalue weighted by molar-refractivity contribution is 6.09. The van der Waals surface area contributed by atoms with Crippen molar-refractivity contribution in [1.82, 2.24) is 5.32 Å². The van der Waals surface area contributed by atoms with Gasteiger partial charge in [-0.3, -0.25) is 9.59 Å². The summed E-state index contributed by atoms with van der Waals surface area (Å²) in [6.07, 6.45) is 6.66. The smallest absolute Gasteiger partial charge is 0.239 e. The molecule has 5 heteroatoms. The molecule has 1 fully saturated rings. The van der Waals surface area contributed by atoms with E-state index in [2.05, 4.69) is 10.6 Å². The Morgan fingerprint density at radius 1 is 1.04 bits per heavy atom. The van der Waals surface area contributed by atoms with Crippen LogP contribution in [0, 0.1) is 16.7 Å². The molecule has 0 spiro atoms. The Hall–Kier alpha value is -2.35. The molecule has 1 aromatic rings. The molecular formula is C19H25N3O2. The van der Waals surface area contributed by atoms with Crippen molar-refractivity contribution in [2.24, 2.45) is 5.41 Å². The number of rotatable bonds is 4. The second-order valence-electron chi connectivity index (χ2n) is 6.93. The van der Waals surface area contributed by atoms with Crippen LogP contribution in [0.25, 0.3) is 0 Å². The number of nitrogens with one attached hydrogen (secondary N) is 2. The highest BCUT2D eigenvalue weighted by Gasteiger charge is 2.37. The molecule has 0 atom stereocenters. The van der Waals surface area contributed by atoms with Crippen molar-refractivity contribution < 1.29 is 9.59 Å². The van der Waals surface area contributed by atoms with Crippen molar-refractivity contribution in [1.29, 1.82) is 5.26 Å². The third-order valence-electron chi connectivity index (χ3n) is 4.60. The maximum absolute atomic E-state index is 12.6. The standard InChI is InChI=1S/C19H25N3O2/c1-19(2,17(23)21-15-7-5-3-4-6-8-15)18(24)22-16-11-9-14(13-20)10-12-16/h9-12,15H,3-8H2,1-2H3,(H,21,23)(H,22,24). The number of hydrogen-bond donors (Lipinski definition) is 2. The first-order chi connectivity index (χ1) is 11.4. The van der Waals surface area contributed by atoms with Gasteiger partial charge in [0, 0.05) is 11.7 Å². The van der Waals surface area contributed by atoms with Crippen LogP contribution in [0.3, 0.4) is 0 Å². The minimum absolute atomic E-state index is 0.169. The van der Waals surface area contributed by atoms with Gasteiger partial charge in [-0.25, -0.2) is 0 Å². The Morgan fingerprint density at radius 2 is 1.62 bits per heavy atom. The molecule has 0 aliphatic heterocycles. The molecule has 0 aromatic heterocycles. The van der Waals surface area contributed by atoms with E-state index in [9.17, 15) is 9.59 Å². The highest BCUT2D eigenvalue weighted by Crippen LogP contribution is 2.22. The molecule has 1 aliphatic rings. The zero-order valence-corrected chi connectivity index (χ0v) is 14.4. The molecule has 2 rings (SSSR count). The van der Waals surface area contributed by atoms with E-state index in [1.807, 2.05) is 6.07 Å². The summed E-state index contributed by atoms with van der Waals surface area (Å²) < 4.78 is 0. The molecule has 5 nitrogen and oxygen atoms in total. The Kier molecular flexibility index (Phi) is 5.97. The van der Waals surface area contributed by atoms with Gasteiger partial charge in [0.25, 0.3) is 0 Å². The third kappa shape index (κ3) is 4.58. The Balaban J connectivity index is 1.97. The van der Waals surface area contributed by atoms with Crippen LogP contribution < -0.4 is 10.6 Å². The summed E-state index contributed by atoms with van der Waals surface area (Å²) >= 11 is 0. The maximum atomic E-state index is 12.6. The average Bonchev–Trinajstić information content (AvgIpc) is 2.84. The quantitative estimate of drug-likeness (QED) is 0.657. The molecule has 128 valence electrons. The number of nitriles is 1. The van der Waals surface area contributed by atoms with Gasteiger partial charge < -0.3 is 10.6 Å². The van der Waals surface area contributed by atoms with Gasteiger partial charge in [-0.2, -0.15) is 5.26 Å². The van der Waals surface area contributed by atoms with Crippen molar-refractivity contribution in [3.63, 3.8) is 0 Å². The zero-order chi connectivity index (χ0) is 17.6. The van der Waals surface area contributed by atoms with E-state index in [-0.39, 0.29) is 17.9 Å². The summed E-state index contributed by atoms with van der Waals surface area (Å²) in [7, 11) is 0. The molecule has 2 amide bonds. The molecule has 1 aromatic carbocycles. The van der Waals surface area contributed by atoms with Gasteiger partial charge in [-0.15, -0.1) is 0 Å². The maximum Gasteiger partial charge on any atom is 0.239 e. The van der Waals surface area contributed by atoms with E-state index >= 15 is 0 Å². The fourth-order valence-corrected chi connectivity index (χ4v) is 2.81. The lowest BCUT2D eigenvalue weighted by Gasteiger charge is -2.26. The molecule has 24 heavy (non-hydrogen) atoms. The molecule has 0 saturated heterocycles. The monoisotopic (exact) mass is 327 g/mol. The molecule has 1 saturated carbocycles. The molecular weight excluding hydrogens is 302 g/mol. The first-order valence-corrected chi connectivity index (χ1v) is 8.56. The molecule has 0 radical (unpaired) electrons. The van der Waals surface area contributed by atoms with Gasteiger partial charge in [0.05, 0.1) is 11.6 Å². The van der Waals surface area contributed by atoms with Gasteiger partial charge in [-0.05, 0) is 51.0 Å². The predicted octanol–water partition coefficient (Wildman–Crippen LogP) is 3.36. The molecule has 0 unspecified atom stereocenters. The molecule has 2 N–H and O–H groups in total. The summed E-state index contributed by atoms with van der Waals surface area (Å²) in [5.41, 5.74) is -0.0482. The van der Waals surface area contributed by atoms with E-state index < -0.39 is 5.41 Å². The highest BCUT2D eigenvalue weighted by atomic mass is 16.2. The van der Waals surface area contributed by atoms with E-state index in [4.69, 9.17) is 5.26 Å². The van der Waals surface area contributed by atoms with E-state index in [1.54, 1.807) is 38.1 Å². The van der Waals surface area contributed by atoms with Crippen molar-refractivity contribution in [2.45, 2.75) is 58.4 Å². The number of carbonyl (C=O) groups excluding carboxylic acids is 2. The van der Waals surface area contributed by atoms with Crippen LogP contribution in [0.5, 0.6) is 0 Å². The largest absolute Gasteiger partial charge is 0.352 e. The van der Waals surface area contributed by atoms with Gasteiger partial charge in [0.15, 0.2) is 0 Å². The van der Waals surface area contributed by atoms with Crippen molar-refractivity contribution >= 4 is 17.5 Å². The van der Waals surface area contributed by atoms with Gasteiger partial charge >= 0.3 is 0 Å². The fourth-order valence-electron chi connectivity index (χ4n) is 2.81. The van der Waals surface area contributed by atoms with Gasteiger partial charge in [0.2, 0.25) is 11.8 Å². The second kappa shape index (κ2) is 7.96. The third-order valence-corrected chi connectivity index (χ3v) is 4.60. The van der Waals surface area contributed by atoms with Gasteiger partial charge in [0.1, 0.15) is 5.41 Å². The van der Waals surface area contributed by atoms with Crippen molar-refractivity contribution in [3.8, 4) is 6.07 Å². The topological polar surface area (TPSA) is 82.0 Å². The average molecular weight is 327 g/mol. The van der Waals surface area contributed by atoms with Crippen molar-refractivity contribution in [3.05, 3.63) is 29.8 Å². The van der Waals surface area contributed by atoms with Crippen LogP contribution >= 0.6 is 0 Å². The van der Waals surface area contributed by atoms with Crippen LogP contribution in [0.4, 0.5) is 5.69 Å². The summed E-state index contributed by atoms with van der Waals surface area (Å²) in [4.78, 5) is 25.1. The minimum Gasteiger partial charge on any atom is -0.352 e. The lowest BCUT2D eigenvalue weighted by atomic mass is 9.90. The molecule has 0 bridgehead atoms. The number of benzene rings is 1.